The van der Waals surface area contributed by atoms with Crippen molar-refractivity contribution in [3.63, 3.8) is 0 Å². The number of hydrogen-bond acceptors (Lipinski definition) is 4. The van der Waals surface area contributed by atoms with Crippen LogP contribution in [0.1, 0.15) is 31.2 Å². The first kappa shape index (κ1) is 21.9. The number of rotatable bonds is 9. The second kappa shape index (κ2) is 11.5. The molecule has 2 N–H and O–H groups in total. The number of piperidine rings is 1. The van der Waals surface area contributed by atoms with Crippen LogP contribution in [-0.4, -0.2) is 45.5 Å². The highest BCUT2D eigenvalue weighted by atomic mass is 35.5. The first-order valence-electron chi connectivity index (χ1n) is 8.77. The largest absolute Gasteiger partial charge is 0.355 e. The van der Waals surface area contributed by atoms with Gasteiger partial charge >= 0.3 is 0 Å². The summed E-state index contributed by atoms with van der Waals surface area (Å²) in [5.41, 5.74) is 1.12. The molecule has 1 saturated heterocycles. The van der Waals surface area contributed by atoms with Crippen molar-refractivity contribution < 1.29 is 13.2 Å². The molecule has 1 aromatic carbocycles. The van der Waals surface area contributed by atoms with Crippen LogP contribution in [0, 0.1) is 5.92 Å². The maximum absolute atomic E-state index is 12.0. The lowest BCUT2D eigenvalue weighted by molar-refractivity contribution is -0.118. The number of nitrogens with one attached hydrogen (secondary N) is 2. The van der Waals surface area contributed by atoms with Gasteiger partial charge in [0.2, 0.25) is 5.91 Å². The standard InChI is InChI=1S/C18H28N2O3S.ClH/c21-18(20-12-10-17-8-4-11-19-14-17)15-24(22,23)13-5-9-16-6-2-1-3-7-16;/h1-3,6-7,17,19H,4-5,8-15H2,(H,20,21);1H. The summed E-state index contributed by atoms with van der Waals surface area (Å²) in [7, 11) is -3.33. The quantitative estimate of drug-likeness (QED) is 0.678. The molecule has 1 fully saturated rings. The van der Waals surface area contributed by atoms with Crippen LogP contribution in [0.4, 0.5) is 0 Å². The Balaban J connectivity index is 0.00000312. The van der Waals surface area contributed by atoms with Crippen molar-refractivity contribution in [2.75, 3.05) is 31.1 Å². The van der Waals surface area contributed by atoms with Crippen LogP contribution in [0.5, 0.6) is 0 Å². The molecule has 1 heterocycles. The van der Waals surface area contributed by atoms with Crippen LogP contribution in [-0.2, 0) is 21.1 Å². The normalized spacial score (nSPS) is 17.5. The molecule has 1 atom stereocenters. The molecule has 0 aliphatic carbocycles. The fourth-order valence-corrected chi connectivity index (χ4v) is 4.28. The third-order valence-corrected chi connectivity index (χ3v) is 6.00. The van der Waals surface area contributed by atoms with Gasteiger partial charge in [0.05, 0.1) is 5.75 Å². The van der Waals surface area contributed by atoms with E-state index in [9.17, 15) is 13.2 Å². The number of aryl methyl sites for hydroxylation is 1. The van der Waals surface area contributed by atoms with E-state index in [0.717, 1.165) is 31.5 Å². The fourth-order valence-electron chi connectivity index (χ4n) is 3.05. The van der Waals surface area contributed by atoms with Crippen LogP contribution in [0.3, 0.4) is 0 Å². The predicted molar refractivity (Wildman–Crippen MR) is 104 cm³/mol. The molecule has 1 aliphatic rings. The molecule has 25 heavy (non-hydrogen) atoms. The number of carbonyl (C=O) groups excluding carboxylic acids is 1. The molecule has 0 aromatic heterocycles. The average molecular weight is 389 g/mol. The SMILES string of the molecule is Cl.O=C(CS(=O)(=O)CCCc1ccccc1)NCCC1CCCNC1. The van der Waals surface area contributed by atoms with Gasteiger partial charge in [-0.3, -0.25) is 4.79 Å². The van der Waals surface area contributed by atoms with Gasteiger partial charge in [0, 0.05) is 6.54 Å². The van der Waals surface area contributed by atoms with Crippen LogP contribution in [0.15, 0.2) is 30.3 Å². The summed E-state index contributed by atoms with van der Waals surface area (Å²) in [6.45, 7) is 2.63. The molecule has 142 valence electrons. The number of benzene rings is 1. The summed E-state index contributed by atoms with van der Waals surface area (Å²) < 4.78 is 24.1. The van der Waals surface area contributed by atoms with E-state index in [0.29, 0.717) is 18.9 Å². The molecule has 1 aliphatic heterocycles. The van der Waals surface area contributed by atoms with Gasteiger partial charge in [-0.2, -0.15) is 0 Å². The molecule has 2 rings (SSSR count). The number of sulfone groups is 1. The minimum atomic E-state index is -3.33. The molecule has 7 heteroatoms. The van der Waals surface area contributed by atoms with Gasteiger partial charge in [0.15, 0.2) is 9.84 Å². The molecule has 1 amide bonds. The highest BCUT2D eigenvalue weighted by Gasteiger charge is 2.17. The molecule has 0 saturated carbocycles. The Morgan fingerprint density at radius 2 is 2.00 bits per heavy atom. The van der Waals surface area contributed by atoms with Crippen LogP contribution >= 0.6 is 12.4 Å². The Morgan fingerprint density at radius 1 is 1.24 bits per heavy atom. The summed E-state index contributed by atoms with van der Waals surface area (Å²) in [5.74, 6) is -0.132. The van der Waals surface area contributed by atoms with Gasteiger partial charge in [-0.05, 0) is 56.7 Å². The van der Waals surface area contributed by atoms with Crippen molar-refractivity contribution in [2.45, 2.75) is 32.1 Å². The predicted octanol–water partition coefficient (Wildman–Crippen LogP) is 1.96. The summed E-state index contributed by atoms with van der Waals surface area (Å²) in [6.07, 6.45) is 4.53. The second-order valence-corrected chi connectivity index (χ2v) is 8.72. The zero-order chi connectivity index (χ0) is 17.3. The van der Waals surface area contributed by atoms with Gasteiger partial charge in [-0.25, -0.2) is 8.42 Å². The van der Waals surface area contributed by atoms with E-state index in [-0.39, 0.29) is 24.1 Å². The van der Waals surface area contributed by atoms with Crippen molar-refractivity contribution in [3.05, 3.63) is 35.9 Å². The van der Waals surface area contributed by atoms with Crippen molar-refractivity contribution >= 4 is 28.2 Å². The molecular weight excluding hydrogens is 360 g/mol. The molecular formula is C18H29ClN2O3S. The van der Waals surface area contributed by atoms with Crippen molar-refractivity contribution in [2.24, 2.45) is 5.92 Å². The minimum Gasteiger partial charge on any atom is -0.355 e. The summed E-state index contributed by atoms with van der Waals surface area (Å²) >= 11 is 0. The van der Waals surface area contributed by atoms with E-state index in [1.54, 1.807) is 0 Å². The first-order valence-corrected chi connectivity index (χ1v) is 10.6. The third-order valence-electron chi connectivity index (χ3n) is 4.39. The van der Waals surface area contributed by atoms with Gasteiger partial charge in [-0.1, -0.05) is 30.3 Å². The zero-order valence-electron chi connectivity index (χ0n) is 14.6. The Morgan fingerprint density at radius 3 is 2.68 bits per heavy atom. The number of amides is 1. The van der Waals surface area contributed by atoms with E-state index in [2.05, 4.69) is 10.6 Å². The highest BCUT2D eigenvalue weighted by Crippen LogP contribution is 2.12. The maximum atomic E-state index is 12.0. The molecule has 1 aromatic rings. The fraction of sp³-hybridized carbons (Fsp3) is 0.611. The average Bonchev–Trinajstić information content (AvgIpc) is 2.56. The van der Waals surface area contributed by atoms with Gasteiger partial charge in [0.25, 0.3) is 0 Å². The summed E-state index contributed by atoms with van der Waals surface area (Å²) in [4.78, 5) is 11.8. The number of hydrogen-bond donors (Lipinski definition) is 2. The van der Waals surface area contributed by atoms with Crippen LogP contribution in [0.2, 0.25) is 0 Å². The van der Waals surface area contributed by atoms with Crippen LogP contribution < -0.4 is 10.6 Å². The Bertz CT molecular complexity index is 602. The molecule has 0 radical (unpaired) electrons. The second-order valence-electron chi connectivity index (χ2n) is 6.53. The number of halogens is 1. The van der Waals surface area contributed by atoms with E-state index in [1.165, 1.54) is 12.8 Å². The highest BCUT2D eigenvalue weighted by molar-refractivity contribution is 7.92. The third kappa shape index (κ3) is 9.23. The Kier molecular flexibility index (Phi) is 10.1. The van der Waals surface area contributed by atoms with Crippen LogP contribution in [0.25, 0.3) is 0 Å². The Hall–Kier alpha value is -1.11. The van der Waals surface area contributed by atoms with Crippen molar-refractivity contribution in [1.82, 2.24) is 10.6 Å². The monoisotopic (exact) mass is 388 g/mol. The topological polar surface area (TPSA) is 75.3 Å². The van der Waals surface area contributed by atoms with Gasteiger partial charge in [-0.15, -0.1) is 12.4 Å². The molecule has 5 nitrogen and oxygen atoms in total. The maximum Gasteiger partial charge on any atom is 0.235 e. The van der Waals surface area contributed by atoms with Gasteiger partial charge < -0.3 is 10.6 Å². The lowest BCUT2D eigenvalue weighted by Crippen LogP contribution is -2.35. The number of carbonyl (C=O) groups is 1. The van der Waals surface area contributed by atoms with E-state index < -0.39 is 15.6 Å². The minimum absolute atomic E-state index is 0. The van der Waals surface area contributed by atoms with Crippen molar-refractivity contribution in [1.29, 1.82) is 0 Å². The Labute approximate surface area is 157 Å². The summed E-state index contributed by atoms with van der Waals surface area (Å²) in [5, 5.41) is 6.09. The van der Waals surface area contributed by atoms with E-state index in [1.807, 2.05) is 30.3 Å². The first-order chi connectivity index (χ1) is 11.6. The smallest absolute Gasteiger partial charge is 0.235 e. The lowest BCUT2D eigenvalue weighted by atomic mass is 9.96. The molecule has 0 bridgehead atoms. The summed E-state index contributed by atoms with van der Waals surface area (Å²) in [6, 6.07) is 9.80. The molecule has 1 unspecified atom stereocenters. The van der Waals surface area contributed by atoms with Gasteiger partial charge in [0.1, 0.15) is 5.75 Å². The lowest BCUT2D eigenvalue weighted by Gasteiger charge is -2.22. The zero-order valence-corrected chi connectivity index (χ0v) is 16.2. The van der Waals surface area contributed by atoms with Crippen molar-refractivity contribution in [3.8, 4) is 0 Å². The van der Waals surface area contributed by atoms with E-state index >= 15 is 0 Å². The molecule has 0 spiro atoms. The van der Waals surface area contributed by atoms with E-state index in [4.69, 9.17) is 0 Å².